The fraction of sp³-hybridized carbons (Fsp3) is 0.667. The molecule has 0 saturated carbocycles. The molecule has 0 radical (unpaired) electrons. The zero-order valence-electron chi connectivity index (χ0n) is 9.58. The first kappa shape index (κ1) is 10.6. The molecule has 1 aromatic heterocycles. The maximum atomic E-state index is 4.59. The Morgan fingerprint density at radius 3 is 3.13 bits per heavy atom. The zero-order chi connectivity index (χ0) is 10.7. The first-order chi connectivity index (χ1) is 7.33. The van der Waals surface area contributed by atoms with Crippen molar-refractivity contribution >= 4 is 0 Å². The molecule has 0 aromatic carbocycles. The molecule has 15 heavy (non-hydrogen) atoms. The van der Waals surface area contributed by atoms with E-state index in [4.69, 9.17) is 0 Å². The molecule has 0 saturated heterocycles. The minimum absolute atomic E-state index is 0.763. The SMILES string of the molecule is CCc1ncc2c(n1)CCC(CNC)C2. The van der Waals surface area contributed by atoms with E-state index in [1.807, 2.05) is 13.2 Å². The van der Waals surface area contributed by atoms with Gasteiger partial charge in [0.25, 0.3) is 0 Å². The van der Waals surface area contributed by atoms with Gasteiger partial charge in [0, 0.05) is 18.3 Å². The van der Waals surface area contributed by atoms with Gasteiger partial charge in [-0.25, -0.2) is 9.97 Å². The van der Waals surface area contributed by atoms with Crippen molar-refractivity contribution in [2.24, 2.45) is 5.92 Å². The quantitative estimate of drug-likeness (QED) is 0.809. The third-order valence-electron chi connectivity index (χ3n) is 3.11. The highest BCUT2D eigenvalue weighted by atomic mass is 14.9. The molecule has 1 aromatic rings. The van der Waals surface area contributed by atoms with Gasteiger partial charge in [-0.2, -0.15) is 0 Å². The van der Waals surface area contributed by atoms with Gasteiger partial charge in [-0.3, -0.25) is 0 Å². The maximum Gasteiger partial charge on any atom is 0.128 e. The molecule has 0 aliphatic heterocycles. The third kappa shape index (κ3) is 2.34. The number of aromatic nitrogens is 2. The van der Waals surface area contributed by atoms with Crippen LogP contribution < -0.4 is 5.32 Å². The Bertz CT molecular complexity index is 336. The third-order valence-corrected chi connectivity index (χ3v) is 3.11. The highest BCUT2D eigenvalue weighted by Crippen LogP contribution is 2.23. The van der Waals surface area contributed by atoms with E-state index in [-0.39, 0.29) is 0 Å². The van der Waals surface area contributed by atoms with Gasteiger partial charge in [-0.05, 0) is 44.3 Å². The van der Waals surface area contributed by atoms with Crippen molar-refractivity contribution in [3.8, 4) is 0 Å². The van der Waals surface area contributed by atoms with Crippen molar-refractivity contribution in [2.45, 2.75) is 32.6 Å². The van der Waals surface area contributed by atoms with Crippen LogP contribution >= 0.6 is 0 Å². The summed E-state index contributed by atoms with van der Waals surface area (Å²) in [6, 6.07) is 0. The molecule has 82 valence electrons. The normalized spacial score (nSPS) is 20.0. The van der Waals surface area contributed by atoms with Crippen molar-refractivity contribution < 1.29 is 0 Å². The van der Waals surface area contributed by atoms with E-state index in [2.05, 4.69) is 22.2 Å². The maximum absolute atomic E-state index is 4.59. The van der Waals surface area contributed by atoms with Crippen LogP contribution in [-0.4, -0.2) is 23.6 Å². The van der Waals surface area contributed by atoms with Gasteiger partial charge in [-0.15, -0.1) is 0 Å². The summed E-state index contributed by atoms with van der Waals surface area (Å²) in [6.45, 7) is 3.21. The summed E-state index contributed by atoms with van der Waals surface area (Å²) in [6.07, 6.45) is 6.49. The van der Waals surface area contributed by atoms with Crippen LogP contribution in [0.4, 0.5) is 0 Å². The number of aryl methyl sites for hydroxylation is 2. The van der Waals surface area contributed by atoms with Gasteiger partial charge in [0.1, 0.15) is 5.82 Å². The molecule has 0 bridgehead atoms. The Balaban J connectivity index is 2.13. The van der Waals surface area contributed by atoms with E-state index in [9.17, 15) is 0 Å². The lowest BCUT2D eigenvalue weighted by atomic mass is 9.87. The Morgan fingerprint density at radius 1 is 1.53 bits per heavy atom. The summed E-state index contributed by atoms with van der Waals surface area (Å²) in [7, 11) is 2.02. The van der Waals surface area contributed by atoms with Gasteiger partial charge < -0.3 is 5.32 Å². The number of fused-ring (bicyclic) bond motifs is 1. The van der Waals surface area contributed by atoms with E-state index < -0.39 is 0 Å². The summed E-state index contributed by atoms with van der Waals surface area (Å²) in [5.74, 6) is 1.75. The minimum Gasteiger partial charge on any atom is -0.319 e. The second-order valence-corrected chi connectivity index (χ2v) is 4.28. The van der Waals surface area contributed by atoms with E-state index in [0.717, 1.165) is 37.5 Å². The van der Waals surface area contributed by atoms with Crippen molar-refractivity contribution in [1.29, 1.82) is 0 Å². The average Bonchev–Trinajstić information content (AvgIpc) is 2.29. The number of nitrogens with zero attached hydrogens (tertiary/aromatic N) is 2. The standard InChI is InChI=1S/C12H19N3/c1-3-12-14-8-10-6-9(7-13-2)4-5-11(10)15-12/h8-9,13H,3-7H2,1-2H3. The first-order valence-corrected chi connectivity index (χ1v) is 5.81. The van der Waals surface area contributed by atoms with Crippen molar-refractivity contribution in [3.05, 3.63) is 23.3 Å². The molecule has 1 aliphatic rings. The second kappa shape index (κ2) is 4.71. The first-order valence-electron chi connectivity index (χ1n) is 5.81. The summed E-state index contributed by atoms with van der Waals surface area (Å²) in [5, 5.41) is 3.25. The van der Waals surface area contributed by atoms with Gasteiger partial charge in [0.15, 0.2) is 0 Å². The van der Waals surface area contributed by atoms with E-state index in [1.54, 1.807) is 0 Å². The van der Waals surface area contributed by atoms with Crippen molar-refractivity contribution in [3.63, 3.8) is 0 Å². The Labute approximate surface area is 91.3 Å². The Hall–Kier alpha value is -0.960. The molecule has 1 aliphatic carbocycles. The Kier molecular flexibility index (Phi) is 3.31. The molecule has 3 nitrogen and oxygen atoms in total. The van der Waals surface area contributed by atoms with Crippen LogP contribution in [0.25, 0.3) is 0 Å². The van der Waals surface area contributed by atoms with Gasteiger partial charge >= 0.3 is 0 Å². The van der Waals surface area contributed by atoms with Crippen molar-refractivity contribution in [1.82, 2.24) is 15.3 Å². The molecular weight excluding hydrogens is 186 g/mol. The molecular formula is C12H19N3. The molecule has 1 unspecified atom stereocenters. The molecule has 1 atom stereocenters. The lowest BCUT2D eigenvalue weighted by molar-refractivity contribution is 0.433. The highest BCUT2D eigenvalue weighted by molar-refractivity contribution is 5.21. The molecule has 2 rings (SSSR count). The van der Waals surface area contributed by atoms with Crippen LogP contribution in [0.3, 0.4) is 0 Å². The van der Waals surface area contributed by atoms with E-state index >= 15 is 0 Å². The van der Waals surface area contributed by atoms with Crippen LogP contribution in [0.15, 0.2) is 6.20 Å². The predicted molar refractivity (Wildman–Crippen MR) is 60.9 cm³/mol. The van der Waals surface area contributed by atoms with Crippen LogP contribution in [0.1, 0.15) is 30.4 Å². The highest BCUT2D eigenvalue weighted by Gasteiger charge is 2.19. The smallest absolute Gasteiger partial charge is 0.128 e. The largest absolute Gasteiger partial charge is 0.319 e. The fourth-order valence-corrected chi connectivity index (χ4v) is 2.26. The summed E-state index contributed by atoms with van der Waals surface area (Å²) in [4.78, 5) is 8.97. The zero-order valence-corrected chi connectivity index (χ0v) is 9.58. The summed E-state index contributed by atoms with van der Waals surface area (Å²) >= 11 is 0. The number of rotatable bonds is 3. The monoisotopic (exact) mass is 205 g/mol. The molecule has 1 N–H and O–H groups in total. The number of hydrogen-bond acceptors (Lipinski definition) is 3. The van der Waals surface area contributed by atoms with Gasteiger partial charge in [0.05, 0.1) is 0 Å². The average molecular weight is 205 g/mol. The molecule has 0 fully saturated rings. The lowest BCUT2D eigenvalue weighted by Gasteiger charge is -2.23. The predicted octanol–water partition coefficient (Wildman–Crippen LogP) is 1.36. The van der Waals surface area contributed by atoms with Gasteiger partial charge in [0.2, 0.25) is 0 Å². The summed E-state index contributed by atoms with van der Waals surface area (Å²) in [5.41, 5.74) is 2.65. The van der Waals surface area contributed by atoms with Crippen LogP contribution in [-0.2, 0) is 19.3 Å². The fourth-order valence-electron chi connectivity index (χ4n) is 2.26. The Morgan fingerprint density at radius 2 is 2.40 bits per heavy atom. The van der Waals surface area contributed by atoms with Crippen LogP contribution in [0.5, 0.6) is 0 Å². The van der Waals surface area contributed by atoms with Gasteiger partial charge in [-0.1, -0.05) is 6.92 Å². The van der Waals surface area contributed by atoms with E-state index in [0.29, 0.717) is 0 Å². The topological polar surface area (TPSA) is 37.8 Å². The molecule has 0 amide bonds. The minimum atomic E-state index is 0.763. The van der Waals surface area contributed by atoms with Crippen LogP contribution in [0, 0.1) is 5.92 Å². The molecule has 0 spiro atoms. The van der Waals surface area contributed by atoms with Crippen molar-refractivity contribution in [2.75, 3.05) is 13.6 Å². The number of nitrogens with one attached hydrogen (secondary N) is 1. The number of hydrogen-bond donors (Lipinski definition) is 1. The van der Waals surface area contributed by atoms with Crippen LogP contribution in [0.2, 0.25) is 0 Å². The van der Waals surface area contributed by atoms with E-state index in [1.165, 1.54) is 17.7 Å². The molecule has 1 heterocycles. The molecule has 3 heteroatoms. The summed E-state index contributed by atoms with van der Waals surface area (Å²) < 4.78 is 0. The lowest BCUT2D eigenvalue weighted by Crippen LogP contribution is -2.25. The second-order valence-electron chi connectivity index (χ2n) is 4.28.